The van der Waals surface area contributed by atoms with Gasteiger partial charge in [0.1, 0.15) is 10.6 Å². The molecule has 4 heterocycles. The molecule has 0 saturated heterocycles. The summed E-state index contributed by atoms with van der Waals surface area (Å²) >= 11 is 7.50. The van der Waals surface area contributed by atoms with E-state index in [0.29, 0.717) is 34.4 Å². The van der Waals surface area contributed by atoms with Crippen LogP contribution in [0.25, 0.3) is 10.6 Å². The molecule has 3 aromatic rings. The molecular formula is C22H20ClF3N6OS. The molecule has 0 unspecified atom stereocenters. The predicted octanol–water partition coefficient (Wildman–Crippen LogP) is 4.76. The Hall–Kier alpha value is -2.89. The molecule has 2 aromatic heterocycles. The molecular weight excluding hydrogens is 489 g/mol. The monoisotopic (exact) mass is 508 g/mol. The number of nitrogens with one attached hydrogen (secondary N) is 3. The third-order valence-electron chi connectivity index (χ3n) is 5.74. The average molecular weight is 509 g/mol. The Morgan fingerprint density at radius 2 is 1.97 bits per heavy atom. The summed E-state index contributed by atoms with van der Waals surface area (Å²) in [5, 5.41) is 9.70. The number of aromatic nitrogens is 2. The molecule has 2 aliphatic heterocycles. The molecule has 0 radical (unpaired) electrons. The first-order valence-corrected chi connectivity index (χ1v) is 11.8. The van der Waals surface area contributed by atoms with Gasteiger partial charge in [0.25, 0.3) is 5.91 Å². The van der Waals surface area contributed by atoms with Crippen LogP contribution in [0.3, 0.4) is 0 Å². The largest absolute Gasteiger partial charge is 0.420 e. The third kappa shape index (κ3) is 4.42. The fourth-order valence-corrected chi connectivity index (χ4v) is 5.35. The Bertz CT molecular complexity index is 1280. The molecule has 5 rings (SSSR count). The lowest BCUT2D eigenvalue weighted by molar-refractivity contribution is -0.137. The molecule has 0 saturated carbocycles. The van der Waals surface area contributed by atoms with Gasteiger partial charge in [-0.05, 0) is 42.8 Å². The molecule has 0 atom stereocenters. The van der Waals surface area contributed by atoms with Crippen molar-refractivity contribution in [2.24, 2.45) is 0 Å². The van der Waals surface area contributed by atoms with Crippen molar-refractivity contribution in [3.8, 4) is 10.6 Å². The Morgan fingerprint density at radius 3 is 2.76 bits per heavy atom. The van der Waals surface area contributed by atoms with Gasteiger partial charge in [0.2, 0.25) is 5.95 Å². The number of thiophene rings is 1. The molecule has 0 spiro atoms. The van der Waals surface area contributed by atoms with E-state index in [1.165, 1.54) is 6.07 Å². The van der Waals surface area contributed by atoms with Gasteiger partial charge < -0.3 is 20.9 Å². The highest BCUT2D eigenvalue weighted by atomic mass is 35.5. The van der Waals surface area contributed by atoms with Crippen LogP contribution in [0, 0.1) is 0 Å². The van der Waals surface area contributed by atoms with Crippen molar-refractivity contribution in [3.05, 3.63) is 51.7 Å². The van der Waals surface area contributed by atoms with E-state index >= 15 is 0 Å². The van der Waals surface area contributed by atoms with E-state index in [9.17, 15) is 18.0 Å². The summed E-state index contributed by atoms with van der Waals surface area (Å²) in [6.45, 7) is 2.59. The molecule has 2 aliphatic rings. The zero-order chi connectivity index (χ0) is 24.0. The first-order chi connectivity index (χ1) is 16.2. The van der Waals surface area contributed by atoms with E-state index in [4.69, 9.17) is 11.6 Å². The van der Waals surface area contributed by atoms with Crippen LogP contribution >= 0.6 is 22.9 Å². The number of fused-ring (bicyclic) bond motifs is 2. The Labute approximate surface area is 202 Å². The molecule has 7 nitrogen and oxygen atoms in total. The maximum atomic E-state index is 13.8. The van der Waals surface area contributed by atoms with Crippen LogP contribution in [0.4, 0.5) is 29.8 Å². The minimum atomic E-state index is -4.67. The highest BCUT2D eigenvalue weighted by Gasteiger charge is 2.36. The number of carbonyl (C=O) groups excluding carboxylic acids is 1. The van der Waals surface area contributed by atoms with E-state index in [2.05, 4.69) is 30.8 Å². The number of hydrogen-bond donors (Lipinski definition) is 3. The minimum absolute atomic E-state index is 0.0150. The Morgan fingerprint density at radius 1 is 1.18 bits per heavy atom. The van der Waals surface area contributed by atoms with Crippen molar-refractivity contribution in [2.45, 2.75) is 19.1 Å². The smallest absolute Gasteiger partial charge is 0.374 e. The number of amides is 1. The van der Waals surface area contributed by atoms with Crippen LogP contribution in [0.5, 0.6) is 0 Å². The first kappa shape index (κ1) is 22.9. The zero-order valence-electron chi connectivity index (χ0n) is 18.0. The maximum absolute atomic E-state index is 13.8. The van der Waals surface area contributed by atoms with Gasteiger partial charge in [0.15, 0.2) is 0 Å². The van der Waals surface area contributed by atoms with Crippen LogP contribution in [0.2, 0.25) is 5.02 Å². The van der Waals surface area contributed by atoms with Crippen molar-refractivity contribution >= 4 is 45.5 Å². The highest BCUT2D eigenvalue weighted by molar-refractivity contribution is 7.19. The number of anilines is 3. The van der Waals surface area contributed by atoms with Crippen LogP contribution in [0.15, 0.2) is 24.4 Å². The quantitative estimate of drug-likeness (QED) is 0.473. The van der Waals surface area contributed by atoms with E-state index in [1.807, 2.05) is 19.2 Å². The topological polar surface area (TPSA) is 82.2 Å². The number of likely N-dealkylation sites (N-methyl/N-ethyl adjacent to an activating group) is 1. The first-order valence-electron chi connectivity index (χ1n) is 10.6. The van der Waals surface area contributed by atoms with Crippen LogP contribution in [-0.2, 0) is 19.1 Å². The van der Waals surface area contributed by atoms with Crippen molar-refractivity contribution in [1.29, 1.82) is 0 Å². The molecule has 178 valence electrons. The SMILES string of the molecule is CN1CCc2cc(Nc3ncc(C(F)(F)F)c(-c4cc5c(s4)NCCNC5=O)n3)c(Cl)cc2C1. The lowest BCUT2D eigenvalue weighted by atomic mass is 9.99. The number of benzene rings is 1. The highest BCUT2D eigenvalue weighted by Crippen LogP contribution is 2.42. The number of hydrogen-bond acceptors (Lipinski definition) is 7. The van der Waals surface area contributed by atoms with E-state index in [-0.39, 0.29) is 22.4 Å². The fraction of sp³-hybridized carbons (Fsp3) is 0.318. The van der Waals surface area contributed by atoms with E-state index < -0.39 is 11.7 Å². The second-order valence-corrected chi connectivity index (χ2v) is 9.66. The van der Waals surface area contributed by atoms with Gasteiger partial charge in [-0.3, -0.25) is 4.79 Å². The number of halogens is 4. The van der Waals surface area contributed by atoms with Gasteiger partial charge in [0.05, 0.1) is 26.8 Å². The van der Waals surface area contributed by atoms with Gasteiger partial charge in [0, 0.05) is 32.4 Å². The average Bonchev–Trinajstić information content (AvgIpc) is 3.13. The van der Waals surface area contributed by atoms with Crippen molar-refractivity contribution in [1.82, 2.24) is 20.2 Å². The summed E-state index contributed by atoms with van der Waals surface area (Å²) in [4.78, 5) is 22.8. The fourth-order valence-electron chi connectivity index (χ4n) is 4.03. The zero-order valence-corrected chi connectivity index (χ0v) is 19.6. The van der Waals surface area contributed by atoms with Crippen molar-refractivity contribution < 1.29 is 18.0 Å². The van der Waals surface area contributed by atoms with E-state index in [0.717, 1.165) is 48.2 Å². The Balaban J connectivity index is 1.53. The summed E-state index contributed by atoms with van der Waals surface area (Å²) in [5.41, 5.74) is 1.78. The second-order valence-electron chi connectivity index (χ2n) is 8.20. The molecule has 0 fully saturated rings. The van der Waals surface area contributed by atoms with Crippen LogP contribution in [-0.4, -0.2) is 47.5 Å². The molecule has 34 heavy (non-hydrogen) atoms. The summed E-state index contributed by atoms with van der Waals surface area (Å²) in [5.74, 6) is -0.353. The summed E-state index contributed by atoms with van der Waals surface area (Å²) < 4.78 is 41.4. The third-order valence-corrected chi connectivity index (χ3v) is 7.15. The molecule has 3 N–H and O–H groups in total. The minimum Gasteiger partial charge on any atom is -0.374 e. The van der Waals surface area contributed by atoms with Crippen LogP contribution < -0.4 is 16.0 Å². The summed E-state index contributed by atoms with van der Waals surface area (Å²) in [7, 11) is 2.03. The molecule has 1 aromatic carbocycles. The lowest BCUT2D eigenvalue weighted by Crippen LogP contribution is -2.26. The predicted molar refractivity (Wildman–Crippen MR) is 126 cm³/mol. The van der Waals surface area contributed by atoms with E-state index in [1.54, 1.807) is 0 Å². The number of rotatable bonds is 3. The number of alkyl halides is 3. The number of carbonyl (C=O) groups is 1. The van der Waals surface area contributed by atoms with Gasteiger partial charge >= 0.3 is 6.18 Å². The molecule has 12 heteroatoms. The normalized spacial score (nSPS) is 16.2. The van der Waals surface area contributed by atoms with Crippen molar-refractivity contribution in [3.63, 3.8) is 0 Å². The van der Waals surface area contributed by atoms with Gasteiger partial charge in [-0.1, -0.05) is 11.6 Å². The number of nitrogens with zero attached hydrogens (tertiary/aromatic N) is 3. The summed E-state index contributed by atoms with van der Waals surface area (Å²) in [6, 6.07) is 5.19. The Kier molecular flexibility index (Phi) is 5.86. The van der Waals surface area contributed by atoms with Crippen molar-refractivity contribution in [2.75, 3.05) is 37.3 Å². The molecule has 0 bridgehead atoms. The van der Waals surface area contributed by atoms with Gasteiger partial charge in [-0.15, -0.1) is 11.3 Å². The standard InChI is InChI=1S/C22H20ClF3N6OS/c1-32-5-2-11-7-16(15(23)6-12(11)10-32)30-21-29-9-14(22(24,25)26)18(31-21)17-8-13-19(33)27-3-4-28-20(13)34-17/h6-9,28H,2-5,10H2,1H3,(H,27,33)(H,29,30,31). The van der Waals surface area contributed by atoms with Gasteiger partial charge in [-0.25, -0.2) is 9.97 Å². The summed E-state index contributed by atoms with van der Waals surface area (Å²) in [6.07, 6.45) is -3.07. The van der Waals surface area contributed by atoms with Gasteiger partial charge in [-0.2, -0.15) is 13.2 Å². The maximum Gasteiger partial charge on any atom is 0.420 e. The molecule has 0 aliphatic carbocycles. The van der Waals surface area contributed by atoms with Crippen LogP contribution in [0.1, 0.15) is 27.0 Å². The molecule has 1 amide bonds. The second kappa shape index (κ2) is 8.71. The lowest BCUT2D eigenvalue weighted by Gasteiger charge is -2.26.